The molecule has 3 nitrogen and oxygen atoms in total. The molecule has 1 aromatic heterocycles. The zero-order valence-electron chi connectivity index (χ0n) is 12.7. The summed E-state index contributed by atoms with van der Waals surface area (Å²) in [6.45, 7) is 6.65. The summed E-state index contributed by atoms with van der Waals surface area (Å²) in [7, 11) is 0. The predicted octanol–water partition coefficient (Wildman–Crippen LogP) is 3.63. The Morgan fingerprint density at radius 1 is 1.38 bits per heavy atom. The third-order valence-electron chi connectivity index (χ3n) is 4.44. The van der Waals surface area contributed by atoms with Gasteiger partial charge in [-0.2, -0.15) is 0 Å². The predicted molar refractivity (Wildman–Crippen MR) is 88.5 cm³/mol. The van der Waals surface area contributed by atoms with Crippen molar-refractivity contribution < 1.29 is 0 Å². The molecule has 1 aliphatic heterocycles. The molecule has 0 bridgehead atoms. The van der Waals surface area contributed by atoms with Gasteiger partial charge in [-0.3, -0.25) is 4.90 Å². The molecule has 2 aromatic rings. The summed E-state index contributed by atoms with van der Waals surface area (Å²) in [4.78, 5) is 7.13. The maximum absolute atomic E-state index is 4.51. The van der Waals surface area contributed by atoms with Crippen molar-refractivity contribution in [1.82, 2.24) is 15.2 Å². The largest absolute Gasteiger partial charge is 0.307 e. The van der Waals surface area contributed by atoms with Gasteiger partial charge in [-0.1, -0.05) is 37.3 Å². The molecular formula is C17H23N3S. The van der Waals surface area contributed by atoms with Crippen LogP contribution >= 0.6 is 11.3 Å². The fraction of sp³-hybridized carbons (Fsp3) is 0.471. The molecule has 1 N–H and O–H groups in total. The summed E-state index contributed by atoms with van der Waals surface area (Å²) < 4.78 is 0. The van der Waals surface area contributed by atoms with Crippen LogP contribution in [0.25, 0.3) is 0 Å². The van der Waals surface area contributed by atoms with Crippen molar-refractivity contribution in [2.24, 2.45) is 0 Å². The highest BCUT2D eigenvalue weighted by atomic mass is 32.1. The number of benzene rings is 1. The first-order valence-corrected chi connectivity index (χ1v) is 8.61. The normalized spacial score (nSPS) is 24.9. The highest BCUT2D eigenvalue weighted by Gasteiger charge is 2.32. The molecule has 112 valence electrons. The van der Waals surface area contributed by atoms with E-state index in [1.54, 1.807) is 11.3 Å². The van der Waals surface area contributed by atoms with Gasteiger partial charge in [0.1, 0.15) is 5.01 Å². The lowest BCUT2D eigenvalue weighted by molar-refractivity contribution is 0.0859. The van der Waals surface area contributed by atoms with E-state index in [2.05, 4.69) is 64.8 Å². The van der Waals surface area contributed by atoms with Crippen LogP contribution < -0.4 is 5.32 Å². The van der Waals surface area contributed by atoms with Gasteiger partial charge < -0.3 is 5.32 Å². The molecule has 1 aromatic carbocycles. The summed E-state index contributed by atoms with van der Waals surface area (Å²) in [6, 6.07) is 12.2. The number of piperazine rings is 1. The molecule has 0 amide bonds. The first-order chi connectivity index (χ1) is 10.3. The SMILES string of the molecule is CCC1CNC(c2ccccc2)CN1C(C)c1nccs1. The van der Waals surface area contributed by atoms with E-state index in [9.17, 15) is 0 Å². The minimum atomic E-state index is 0.392. The summed E-state index contributed by atoms with van der Waals surface area (Å²) >= 11 is 1.76. The average molecular weight is 301 g/mol. The monoisotopic (exact) mass is 301 g/mol. The van der Waals surface area contributed by atoms with E-state index < -0.39 is 0 Å². The van der Waals surface area contributed by atoms with Crippen LogP contribution in [0.5, 0.6) is 0 Å². The van der Waals surface area contributed by atoms with E-state index >= 15 is 0 Å². The van der Waals surface area contributed by atoms with Crippen molar-refractivity contribution in [3.05, 3.63) is 52.5 Å². The second-order valence-corrected chi connectivity index (χ2v) is 6.60. The van der Waals surface area contributed by atoms with Gasteiger partial charge in [-0.25, -0.2) is 4.98 Å². The maximum atomic E-state index is 4.51. The number of aromatic nitrogens is 1. The van der Waals surface area contributed by atoms with Crippen molar-refractivity contribution in [2.75, 3.05) is 13.1 Å². The number of hydrogen-bond donors (Lipinski definition) is 1. The smallest absolute Gasteiger partial charge is 0.109 e. The quantitative estimate of drug-likeness (QED) is 0.934. The Bertz CT molecular complexity index is 540. The van der Waals surface area contributed by atoms with Gasteiger partial charge in [0.15, 0.2) is 0 Å². The van der Waals surface area contributed by atoms with Crippen molar-refractivity contribution >= 4 is 11.3 Å². The van der Waals surface area contributed by atoms with Crippen LogP contribution in [0, 0.1) is 0 Å². The third kappa shape index (κ3) is 3.18. The fourth-order valence-electron chi connectivity index (χ4n) is 3.16. The van der Waals surface area contributed by atoms with Crippen LogP contribution in [0.1, 0.15) is 42.9 Å². The van der Waals surface area contributed by atoms with Gasteiger partial charge in [-0.05, 0) is 18.9 Å². The zero-order valence-corrected chi connectivity index (χ0v) is 13.5. The number of thiazole rings is 1. The molecule has 3 rings (SSSR count). The molecular weight excluding hydrogens is 278 g/mol. The Balaban J connectivity index is 1.79. The molecule has 4 heteroatoms. The first kappa shape index (κ1) is 14.7. The van der Waals surface area contributed by atoms with Gasteiger partial charge >= 0.3 is 0 Å². The van der Waals surface area contributed by atoms with Crippen LogP contribution in [-0.4, -0.2) is 29.0 Å². The molecule has 1 fully saturated rings. The van der Waals surface area contributed by atoms with Crippen LogP contribution in [0.2, 0.25) is 0 Å². The molecule has 1 aliphatic rings. The van der Waals surface area contributed by atoms with Gasteiger partial charge in [0.05, 0.1) is 6.04 Å². The molecule has 3 atom stereocenters. The van der Waals surface area contributed by atoms with Gasteiger partial charge in [0.25, 0.3) is 0 Å². The molecule has 0 aliphatic carbocycles. The molecule has 0 radical (unpaired) electrons. The molecule has 0 spiro atoms. The number of nitrogens with one attached hydrogen (secondary N) is 1. The highest BCUT2D eigenvalue weighted by Crippen LogP contribution is 2.30. The first-order valence-electron chi connectivity index (χ1n) is 7.73. The Morgan fingerprint density at radius 2 is 2.19 bits per heavy atom. The zero-order chi connectivity index (χ0) is 14.7. The van der Waals surface area contributed by atoms with E-state index in [-0.39, 0.29) is 0 Å². The van der Waals surface area contributed by atoms with E-state index in [0.29, 0.717) is 18.1 Å². The Morgan fingerprint density at radius 3 is 2.86 bits per heavy atom. The second-order valence-electron chi connectivity index (χ2n) is 5.68. The number of rotatable bonds is 4. The molecule has 3 unspecified atom stereocenters. The lowest BCUT2D eigenvalue weighted by Crippen LogP contribution is -2.53. The second kappa shape index (κ2) is 6.69. The average Bonchev–Trinajstić information content (AvgIpc) is 3.09. The van der Waals surface area contributed by atoms with Gasteiger partial charge in [0, 0.05) is 36.8 Å². The van der Waals surface area contributed by atoms with E-state index in [0.717, 1.165) is 13.1 Å². The van der Waals surface area contributed by atoms with Crippen LogP contribution in [0.4, 0.5) is 0 Å². The standard InChI is InChI=1S/C17H23N3S/c1-3-15-11-19-16(14-7-5-4-6-8-14)12-20(15)13(2)17-18-9-10-21-17/h4-10,13,15-16,19H,3,11-12H2,1-2H3. The Labute approximate surface area is 131 Å². The lowest BCUT2D eigenvalue weighted by atomic mass is 9.99. The topological polar surface area (TPSA) is 28.2 Å². The maximum Gasteiger partial charge on any atom is 0.109 e. The minimum Gasteiger partial charge on any atom is -0.307 e. The molecule has 2 heterocycles. The van der Waals surface area contributed by atoms with Crippen LogP contribution in [0.15, 0.2) is 41.9 Å². The van der Waals surface area contributed by atoms with E-state index in [1.165, 1.54) is 17.0 Å². The Kier molecular flexibility index (Phi) is 4.68. The Hall–Kier alpha value is -1.23. The van der Waals surface area contributed by atoms with Crippen molar-refractivity contribution in [3.63, 3.8) is 0 Å². The van der Waals surface area contributed by atoms with Crippen molar-refractivity contribution in [2.45, 2.75) is 38.4 Å². The number of hydrogen-bond acceptors (Lipinski definition) is 4. The summed E-state index contributed by atoms with van der Waals surface area (Å²) in [6.07, 6.45) is 3.08. The van der Waals surface area contributed by atoms with Gasteiger partial charge in [0.2, 0.25) is 0 Å². The molecule has 21 heavy (non-hydrogen) atoms. The molecule has 0 saturated carbocycles. The fourth-order valence-corrected chi connectivity index (χ4v) is 3.88. The van der Waals surface area contributed by atoms with E-state index in [1.807, 2.05) is 6.20 Å². The van der Waals surface area contributed by atoms with Crippen molar-refractivity contribution in [3.8, 4) is 0 Å². The summed E-state index contributed by atoms with van der Waals surface area (Å²) in [5.74, 6) is 0. The summed E-state index contributed by atoms with van der Waals surface area (Å²) in [5.41, 5.74) is 1.38. The van der Waals surface area contributed by atoms with Crippen LogP contribution in [0.3, 0.4) is 0 Å². The minimum absolute atomic E-state index is 0.392. The number of nitrogens with zero attached hydrogens (tertiary/aromatic N) is 2. The van der Waals surface area contributed by atoms with E-state index in [4.69, 9.17) is 0 Å². The molecule has 1 saturated heterocycles. The lowest BCUT2D eigenvalue weighted by Gasteiger charge is -2.43. The summed E-state index contributed by atoms with van der Waals surface area (Å²) in [5, 5.41) is 7.01. The highest BCUT2D eigenvalue weighted by molar-refractivity contribution is 7.09. The third-order valence-corrected chi connectivity index (χ3v) is 5.39. The van der Waals surface area contributed by atoms with Gasteiger partial charge in [-0.15, -0.1) is 11.3 Å². The van der Waals surface area contributed by atoms with Crippen molar-refractivity contribution in [1.29, 1.82) is 0 Å². The van der Waals surface area contributed by atoms with Crippen LogP contribution in [-0.2, 0) is 0 Å².